The molecule has 3 rings (SSSR count). The molecule has 1 heterocycles. The van der Waals surface area contributed by atoms with E-state index in [1.165, 1.54) is 31.2 Å². The second-order valence-electron chi connectivity index (χ2n) is 7.59. The van der Waals surface area contributed by atoms with E-state index in [0.717, 1.165) is 12.1 Å². The number of aryl methyl sites for hydroxylation is 1. The molecule has 2 aromatic carbocycles. The lowest BCUT2D eigenvalue weighted by Crippen LogP contribution is -2.40. The van der Waals surface area contributed by atoms with Gasteiger partial charge in [0.15, 0.2) is 0 Å². The molecule has 0 saturated carbocycles. The van der Waals surface area contributed by atoms with Crippen LogP contribution >= 0.6 is 0 Å². The Kier molecular flexibility index (Phi) is 7.02. The van der Waals surface area contributed by atoms with Crippen LogP contribution in [0.3, 0.4) is 0 Å². The minimum Gasteiger partial charge on any atom is -0.478 e. The molecule has 0 unspecified atom stereocenters. The highest BCUT2D eigenvalue weighted by Crippen LogP contribution is 2.30. The third-order valence-electron chi connectivity index (χ3n) is 5.30. The zero-order valence-corrected chi connectivity index (χ0v) is 18.6. The number of carbonyl (C=O) groups excluding carboxylic acids is 1. The van der Waals surface area contributed by atoms with Gasteiger partial charge in [0.1, 0.15) is 5.82 Å². The van der Waals surface area contributed by atoms with Gasteiger partial charge in [0.25, 0.3) is 10.0 Å². The number of hydrogen-bond donors (Lipinski definition) is 2. The lowest BCUT2D eigenvalue weighted by atomic mass is 9.97. The molecular weight excluding hydrogens is 439 g/mol. The van der Waals surface area contributed by atoms with E-state index < -0.39 is 21.8 Å². The summed E-state index contributed by atoms with van der Waals surface area (Å²) in [4.78, 5) is 25.6. The normalized spacial score (nSPS) is 16.5. The molecule has 32 heavy (non-hydrogen) atoms. The number of nitrogens with zero attached hydrogens (tertiary/aromatic N) is 1. The van der Waals surface area contributed by atoms with E-state index in [-0.39, 0.29) is 34.6 Å². The van der Waals surface area contributed by atoms with Crippen LogP contribution in [0, 0.1) is 18.7 Å². The molecule has 0 amide bonds. The van der Waals surface area contributed by atoms with Crippen molar-refractivity contribution in [3.05, 3.63) is 53.3 Å². The monoisotopic (exact) mass is 464 g/mol. The van der Waals surface area contributed by atoms with E-state index in [0.29, 0.717) is 37.2 Å². The molecule has 1 saturated heterocycles. The summed E-state index contributed by atoms with van der Waals surface area (Å²) in [6.45, 7) is 4.41. The van der Waals surface area contributed by atoms with Gasteiger partial charge in [-0.3, -0.25) is 9.52 Å². The van der Waals surface area contributed by atoms with Crippen LogP contribution in [0.2, 0.25) is 0 Å². The number of carbonyl (C=O) groups is 2. The average Bonchev–Trinajstić information content (AvgIpc) is 2.75. The largest absolute Gasteiger partial charge is 0.478 e. The van der Waals surface area contributed by atoms with E-state index in [1.807, 2.05) is 0 Å². The van der Waals surface area contributed by atoms with Crippen LogP contribution in [-0.4, -0.2) is 45.2 Å². The molecule has 8 nitrogen and oxygen atoms in total. The maximum Gasteiger partial charge on any atom is 0.337 e. The van der Waals surface area contributed by atoms with Gasteiger partial charge in [0.05, 0.1) is 28.7 Å². The number of sulfonamides is 1. The molecule has 172 valence electrons. The van der Waals surface area contributed by atoms with E-state index in [2.05, 4.69) is 4.72 Å². The van der Waals surface area contributed by atoms with Crippen LogP contribution in [0.4, 0.5) is 15.8 Å². The van der Waals surface area contributed by atoms with Gasteiger partial charge in [-0.25, -0.2) is 17.6 Å². The Morgan fingerprint density at radius 2 is 2.00 bits per heavy atom. The second-order valence-corrected chi connectivity index (χ2v) is 9.24. The fourth-order valence-electron chi connectivity index (χ4n) is 3.77. The molecule has 0 bridgehead atoms. The number of rotatable bonds is 7. The molecule has 0 aliphatic carbocycles. The Morgan fingerprint density at radius 3 is 2.69 bits per heavy atom. The molecule has 0 aromatic heterocycles. The van der Waals surface area contributed by atoms with E-state index in [1.54, 1.807) is 11.8 Å². The fourth-order valence-corrected chi connectivity index (χ4v) is 5.08. The first-order chi connectivity index (χ1) is 15.1. The van der Waals surface area contributed by atoms with Crippen LogP contribution in [0.5, 0.6) is 0 Å². The molecule has 10 heteroatoms. The van der Waals surface area contributed by atoms with Gasteiger partial charge in [-0.05, 0) is 62.6 Å². The molecule has 1 atom stereocenters. The van der Waals surface area contributed by atoms with Gasteiger partial charge in [-0.15, -0.1) is 0 Å². The standard InChI is InChI=1S/C22H25FN2O6S/c1-3-31-22(28)15-5-4-10-25(13-15)19-9-8-17(12-18(19)21(26)27)24-32(29,30)20-11-16(23)7-6-14(20)2/h6-9,11-12,15,24H,3-5,10,13H2,1-2H3,(H,26,27)/t15-/m0/s1. The number of benzene rings is 2. The molecule has 0 radical (unpaired) electrons. The quantitative estimate of drug-likeness (QED) is 0.604. The maximum atomic E-state index is 13.6. The predicted octanol–water partition coefficient (Wildman–Crippen LogP) is 3.41. The van der Waals surface area contributed by atoms with Gasteiger partial charge in [-0.1, -0.05) is 6.07 Å². The number of ether oxygens (including phenoxy) is 1. The summed E-state index contributed by atoms with van der Waals surface area (Å²) in [5.41, 5.74) is 0.670. The summed E-state index contributed by atoms with van der Waals surface area (Å²) in [6, 6.07) is 7.60. The number of halogens is 1. The number of aromatic carboxylic acids is 1. The summed E-state index contributed by atoms with van der Waals surface area (Å²) in [5, 5.41) is 9.73. The first-order valence-corrected chi connectivity index (χ1v) is 11.7. The summed E-state index contributed by atoms with van der Waals surface area (Å²) < 4.78 is 46.5. The fraction of sp³-hybridized carbons (Fsp3) is 0.364. The SMILES string of the molecule is CCOC(=O)[C@H]1CCCN(c2ccc(NS(=O)(=O)c3cc(F)ccc3C)cc2C(=O)O)C1. The lowest BCUT2D eigenvalue weighted by Gasteiger charge is -2.34. The number of esters is 1. The van der Waals surface area contributed by atoms with Gasteiger partial charge in [0.2, 0.25) is 0 Å². The summed E-state index contributed by atoms with van der Waals surface area (Å²) in [7, 11) is -4.13. The first kappa shape index (κ1) is 23.5. The van der Waals surface area contributed by atoms with E-state index in [9.17, 15) is 27.5 Å². The summed E-state index contributed by atoms with van der Waals surface area (Å²) >= 11 is 0. The second kappa shape index (κ2) is 9.56. The molecule has 1 aliphatic rings. The Labute approximate surface area is 186 Å². The lowest BCUT2D eigenvalue weighted by molar-refractivity contribution is -0.148. The van der Waals surface area contributed by atoms with Crippen molar-refractivity contribution in [1.29, 1.82) is 0 Å². The van der Waals surface area contributed by atoms with Crippen molar-refractivity contribution in [3.8, 4) is 0 Å². The van der Waals surface area contributed by atoms with Crippen molar-refractivity contribution >= 4 is 33.3 Å². The van der Waals surface area contributed by atoms with Crippen LogP contribution in [0.15, 0.2) is 41.3 Å². The third kappa shape index (κ3) is 5.18. The predicted molar refractivity (Wildman–Crippen MR) is 117 cm³/mol. The van der Waals surface area contributed by atoms with Crippen molar-refractivity contribution in [3.63, 3.8) is 0 Å². The average molecular weight is 465 g/mol. The van der Waals surface area contributed by atoms with Gasteiger partial charge >= 0.3 is 11.9 Å². The number of hydrogen-bond acceptors (Lipinski definition) is 6. The summed E-state index contributed by atoms with van der Waals surface area (Å²) in [6.07, 6.45) is 1.35. The van der Waals surface area contributed by atoms with E-state index in [4.69, 9.17) is 4.74 Å². The number of piperidine rings is 1. The van der Waals surface area contributed by atoms with Crippen molar-refractivity contribution in [2.45, 2.75) is 31.6 Å². The highest BCUT2D eigenvalue weighted by Gasteiger charge is 2.29. The van der Waals surface area contributed by atoms with Crippen LogP contribution in [-0.2, 0) is 19.6 Å². The zero-order valence-electron chi connectivity index (χ0n) is 17.8. The van der Waals surface area contributed by atoms with Gasteiger partial charge in [-0.2, -0.15) is 0 Å². The number of nitrogens with one attached hydrogen (secondary N) is 1. The minimum absolute atomic E-state index is 0.0359. The Morgan fingerprint density at radius 1 is 1.25 bits per heavy atom. The van der Waals surface area contributed by atoms with Crippen molar-refractivity contribution in [2.24, 2.45) is 5.92 Å². The molecule has 0 spiro atoms. The topological polar surface area (TPSA) is 113 Å². The third-order valence-corrected chi connectivity index (χ3v) is 6.82. The zero-order chi connectivity index (χ0) is 23.5. The Balaban J connectivity index is 1.89. The van der Waals surface area contributed by atoms with Crippen LogP contribution in [0.1, 0.15) is 35.7 Å². The number of carboxylic acids is 1. The van der Waals surface area contributed by atoms with Gasteiger partial charge < -0.3 is 14.7 Å². The highest BCUT2D eigenvalue weighted by atomic mass is 32.2. The molecule has 1 aliphatic heterocycles. The molecule has 2 N–H and O–H groups in total. The first-order valence-electron chi connectivity index (χ1n) is 10.2. The molecule has 1 fully saturated rings. The highest BCUT2D eigenvalue weighted by molar-refractivity contribution is 7.92. The minimum atomic E-state index is -4.13. The molecular formula is C22H25FN2O6S. The van der Waals surface area contributed by atoms with Crippen LogP contribution in [0.25, 0.3) is 0 Å². The van der Waals surface area contributed by atoms with E-state index >= 15 is 0 Å². The van der Waals surface area contributed by atoms with Crippen molar-refractivity contribution in [1.82, 2.24) is 0 Å². The Hall–Kier alpha value is -3.14. The Bertz CT molecular complexity index is 1140. The van der Waals surface area contributed by atoms with Crippen LogP contribution < -0.4 is 9.62 Å². The number of anilines is 2. The smallest absolute Gasteiger partial charge is 0.337 e. The maximum absolute atomic E-state index is 13.6. The van der Waals surface area contributed by atoms with Crippen molar-refractivity contribution < 1.29 is 32.2 Å². The molecule has 2 aromatic rings. The van der Waals surface area contributed by atoms with Crippen molar-refractivity contribution in [2.75, 3.05) is 29.3 Å². The number of carboxylic acid groups (broad SMARTS) is 1. The van der Waals surface area contributed by atoms with Gasteiger partial charge in [0, 0.05) is 18.8 Å². The summed E-state index contributed by atoms with van der Waals surface area (Å²) in [5.74, 6) is -2.61.